The van der Waals surface area contributed by atoms with Gasteiger partial charge in [0.1, 0.15) is 11.9 Å². The molecule has 0 aromatic heterocycles. The van der Waals surface area contributed by atoms with E-state index in [-0.39, 0.29) is 0 Å². The van der Waals surface area contributed by atoms with Crippen molar-refractivity contribution in [3.8, 4) is 0 Å². The van der Waals surface area contributed by atoms with Gasteiger partial charge in [0.2, 0.25) is 0 Å². The maximum absolute atomic E-state index is 12.1. The number of halogens is 3. The fourth-order valence-corrected chi connectivity index (χ4v) is 0.857. The zero-order valence-electron chi connectivity index (χ0n) is 6.97. The van der Waals surface area contributed by atoms with Crippen molar-refractivity contribution < 1.29 is 13.2 Å². The summed E-state index contributed by atoms with van der Waals surface area (Å²) >= 11 is 0. The second-order valence-electron chi connectivity index (χ2n) is 3.16. The first-order valence-corrected chi connectivity index (χ1v) is 3.62. The van der Waals surface area contributed by atoms with Gasteiger partial charge in [0, 0.05) is 0 Å². The molecule has 0 radical (unpaired) electrons. The summed E-state index contributed by atoms with van der Waals surface area (Å²) in [6.07, 6.45) is -3.43. The predicted molar refractivity (Wildman–Crippen MR) is 43.2 cm³/mol. The van der Waals surface area contributed by atoms with Crippen molar-refractivity contribution in [2.45, 2.75) is 24.8 Å². The van der Waals surface area contributed by atoms with E-state index in [1.807, 2.05) is 0 Å². The summed E-state index contributed by atoms with van der Waals surface area (Å²) in [5.74, 6) is 0. The molecule has 1 aliphatic rings. The number of aliphatic imine (C=N–C) groups is 1. The van der Waals surface area contributed by atoms with Crippen LogP contribution in [0.4, 0.5) is 13.2 Å². The van der Waals surface area contributed by atoms with Crippen LogP contribution in [0.2, 0.25) is 0 Å². The van der Waals surface area contributed by atoms with Gasteiger partial charge in [-0.2, -0.15) is 13.2 Å². The van der Waals surface area contributed by atoms with Gasteiger partial charge in [-0.3, -0.25) is 4.99 Å². The van der Waals surface area contributed by atoms with E-state index in [4.69, 9.17) is 11.5 Å². The molecule has 2 unspecified atom stereocenters. The van der Waals surface area contributed by atoms with E-state index in [1.54, 1.807) is 0 Å². The van der Waals surface area contributed by atoms with E-state index in [0.717, 1.165) is 6.08 Å². The first-order chi connectivity index (χ1) is 5.73. The summed E-state index contributed by atoms with van der Waals surface area (Å²) < 4.78 is 36.3. The van der Waals surface area contributed by atoms with Crippen LogP contribution in [-0.4, -0.2) is 23.6 Å². The van der Waals surface area contributed by atoms with E-state index in [9.17, 15) is 13.2 Å². The van der Waals surface area contributed by atoms with Gasteiger partial charge >= 0.3 is 6.18 Å². The molecule has 0 aliphatic carbocycles. The van der Waals surface area contributed by atoms with E-state index in [1.165, 1.54) is 13.0 Å². The zero-order chi connectivity index (χ0) is 10.3. The molecule has 0 fully saturated rings. The van der Waals surface area contributed by atoms with Crippen LogP contribution in [0.5, 0.6) is 0 Å². The minimum Gasteiger partial charge on any atom is -0.319 e. The van der Waals surface area contributed by atoms with Crippen molar-refractivity contribution >= 4 is 5.71 Å². The molecular formula is C7H10F3N3. The normalized spacial score (nSPS) is 34.6. The SMILES string of the molecule is CC1(N)C=CC(C(F)(F)F)=NC1N. The summed E-state index contributed by atoms with van der Waals surface area (Å²) in [6.45, 7) is 1.52. The van der Waals surface area contributed by atoms with Gasteiger partial charge in [0.25, 0.3) is 0 Å². The fourth-order valence-electron chi connectivity index (χ4n) is 0.857. The Morgan fingerprint density at radius 1 is 1.54 bits per heavy atom. The van der Waals surface area contributed by atoms with Crippen molar-refractivity contribution in [3.63, 3.8) is 0 Å². The predicted octanol–water partition coefficient (Wildman–Crippen LogP) is 0.562. The van der Waals surface area contributed by atoms with E-state index in [0.29, 0.717) is 0 Å². The summed E-state index contributed by atoms with van der Waals surface area (Å²) in [5.41, 5.74) is 8.89. The largest absolute Gasteiger partial charge is 0.432 e. The highest BCUT2D eigenvalue weighted by molar-refractivity contribution is 6.00. The van der Waals surface area contributed by atoms with Crippen molar-refractivity contribution in [3.05, 3.63) is 12.2 Å². The van der Waals surface area contributed by atoms with Crippen molar-refractivity contribution in [1.82, 2.24) is 0 Å². The standard InChI is InChI=1S/C7H10F3N3/c1-6(12)3-2-4(7(8,9)10)13-5(6)11/h2-3,5H,11-12H2,1H3. The van der Waals surface area contributed by atoms with Gasteiger partial charge in [-0.05, 0) is 13.0 Å². The Balaban J connectivity index is 2.93. The minimum absolute atomic E-state index is 0.851. The first-order valence-electron chi connectivity index (χ1n) is 3.62. The second kappa shape index (κ2) is 2.81. The zero-order valence-corrected chi connectivity index (χ0v) is 6.97. The maximum Gasteiger partial charge on any atom is 0.432 e. The second-order valence-corrected chi connectivity index (χ2v) is 3.16. The third kappa shape index (κ3) is 2.07. The van der Waals surface area contributed by atoms with Crippen molar-refractivity contribution in [2.75, 3.05) is 0 Å². The molecule has 6 heteroatoms. The van der Waals surface area contributed by atoms with Crippen LogP contribution in [-0.2, 0) is 0 Å². The monoisotopic (exact) mass is 193 g/mol. The average Bonchev–Trinajstić information content (AvgIpc) is 1.92. The summed E-state index contributed by atoms with van der Waals surface area (Å²) in [6, 6.07) is 0. The van der Waals surface area contributed by atoms with Gasteiger partial charge < -0.3 is 11.5 Å². The first kappa shape index (κ1) is 10.2. The maximum atomic E-state index is 12.1. The lowest BCUT2D eigenvalue weighted by atomic mass is 9.96. The van der Waals surface area contributed by atoms with Gasteiger partial charge in [-0.25, -0.2) is 0 Å². The molecule has 4 N–H and O–H groups in total. The summed E-state index contributed by atoms with van der Waals surface area (Å²) in [5, 5.41) is 0. The van der Waals surface area contributed by atoms with Crippen molar-refractivity contribution in [1.29, 1.82) is 0 Å². The Bertz CT molecular complexity index is 265. The van der Waals surface area contributed by atoms with Gasteiger partial charge in [0.15, 0.2) is 0 Å². The van der Waals surface area contributed by atoms with Crippen molar-refractivity contribution in [2.24, 2.45) is 16.5 Å². The molecule has 0 aromatic carbocycles. The molecule has 13 heavy (non-hydrogen) atoms. The lowest BCUT2D eigenvalue weighted by molar-refractivity contribution is -0.0583. The van der Waals surface area contributed by atoms with Gasteiger partial charge in [0.05, 0.1) is 5.54 Å². The Kier molecular flexibility index (Phi) is 2.21. The molecule has 2 atom stereocenters. The molecule has 1 heterocycles. The average molecular weight is 193 g/mol. The minimum atomic E-state index is -4.45. The number of rotatable bonds is 0. The van der Waals surface area contributed by atoms with Crippen LogP contribution < -0.4 is 11.5 Å². The lowest BCUT2D eigenvalue weighted by Crippen LogP contribution is -2.53. The lowest BCUT2D eigenvalue weighted by Gasteiger charge is -2.29. The smallest absolute Gasteiger partial charge is 0.319 e. The molecule has 0 aromatic rings. The van der Waals surface area contributed by atoms with Crippen LogP contribution in [0.15, 0.2) is 17.1 Å². The Morgan fingerprint density at radius 3 is 2.46 bits per heavy atom. The molecule has 0 spiro atoms. The summed E-state index contributed by atoms with van der Waals surface area (Å²) in [4.78, 5) is 3.26. The molecule has 1 rings (SSSR count). The third-order valence-corrected chi connectivity index (χ3v) is 1.81. The Morgan fingerprint density at radius 2 is 2.08 bits per heavy atom. The molecule has 3 nitrogen and oxygen atoms in total. The van der Waals surface area contributed by atoms with Crippen LogP contribution in [0.3, 0.4) is 0 Å². The molecular weight excluding hydrogens is 183 g/mol. The van der Waals surface area contributed by atoms with E-state index < -0.39 is 23.6 Å². The topological polar surface area (TPSA) is 64.4 Å². The molecule has 0 saturated heterocycles. The molecule has 0 saturated carbocycles. The molecule has 0 bridgehead atoms. The number of allylic oxidation sites excluding steroid dienone is 1. The van der Waals surface area contributed by atoms with Gasteiger partial charge in [-0.15, -0.1) is 0 Å². The number of dihydropyridines is 1. The molecule has 74 valence electrons. The van der Waals surface area contributed by atoms with Crippen LogP contribution in [0, 0.1) is 0 Å². The Hall–Kier alpha value is -0.880. The third-order valence-electron chi connectivity index (χ3n) is 1.81. The van der Waals surface area contributed by atoms with Crippen LogP contribution in [0.1, 0.15) is 6.92 Å². The quantitative estimate of drug-likeness (QED) is 0.590. The number of nitrogens with zero attached hydrogens (tertiary/aromatic N) is 1. The highest BCUT2D eigenvalue weighted by Gasteiger charge is 2.38. The van der Waals surface area contributed by atoms with Gasteiger partial charge in [-0.1, -0.05) is 6.08 Å². The Labute approximate surface area is 73.3 Å². The molecule has 0 amide bonds. The number of hydrogen-bond acceptors (Lipinski definition) is 3. The number of nitrogens with two attached hydrogens (primary N) is 2. The fraction of sp³-hybridized carbons (Fsp3) is 0.571. The molecule has 1 aliphatic heterocycles. The number of alkyl halides is 3. The highest BCUT2D eigenvalue weighted by atomic mass is 19.4. The number of hydrogen-bond donors (Lipinski definition) is 2. The van der Waals surface area contributed by atoms with Crippen LogP contribution in [0.25, 0.3) is 0 Å². The van der Waals surface area contributed by atoms with Crippen LogP contribution >= 0.6 is 0 Å². The van der Waals surface area contributed by atoms with E-state index in [2.05, 4.69) is 4.99 Å². The summed E-state index contributed by atoms with van der Waals surface area (Å²) in [7, 11) is 0. The van der Waals surface area contributed by atoms with E-state index >= 15 is 0 Å². The highest BCUT2D eigenvalue weighted by Crippen LogP contribution is 2.23.